The predicted molar refractivity (Wildman–Crippen MR) is 93.7 cm³/mol. The number of hydrogen-bond donors (Lipinski definition) is 2. The lowest BCUT2D eigenvalue weighted by atomic mass is 10.2. The first-order valence-corrected chi connectivity index (χ1v) is 8.02. The summed E-state index contributed by atoms with van der Waals surface area (Å²) in [6.07, 6.45) is 0. The molecular weight excluding hydrogens is 344 g/mol. The van der Waals surface area contributed by atoms with Crippen molar-refractivity contribution < 1.29 is 14.5 Å². The van der Waals surface area contributed by atoms with Crippen molar-refractivity contribution in [1.82, 2.24) is 10.3 Å². The van der Waals surface area contributed by atoms with Gasteiger partial charge in [0.2, 0.25) is 5.91 Å². The van der Waals surface area contributed by atoms with E-state index in [1.165, 1.54) is 29.5 Å². The van der Waals surface area contributed by atoms with Crippen LogP contribution in [0, 0.1) is 10.1 Å². The number of hydrogen-bond acceptors (Lipinski definition) is 6. The second-order valence-corrected chi connectivity index (χ2v) is 6.06. The van der Waals surface area contributed by atoms with Gasteiger partial charge in [0.1, 0.15) is 0 Å². The number of rotatable bonds is 5. The molecule has 3 aromatic rings. The molecule has 126 valence electrons. The number of nitrogens with zero attached hydrogens (tertiary/aromatic N) is 2. The fourth-order valence-electron chi connectivity index (χ4n) is 2.11. The minimum atomic E-state index is -0.587. The lowest BCUT2D eigenvalue weighted by Crippen LogP contribution is -2.32. The lowest BCUT2D eigenvalue weighted by Gasteiger charge is -2.05. The molecule has 2 amide bonds. The number of nitro benzene ring substituents is 1. The Morgan fingerprint density at radius 3 is 2.72 bits per heavy atom. The van der Waals surface area contributed by atoms with Crippen molar-refractivity contribution in [1.29, 1.82) is 0 Å². The number of anilines is 1. The van der Waals surface area contributed by atoms with Crippen LogP contribution in [0.25, 0.3) is 10.2 Å². The average Bonchev–Trinajstić information content (AvgIpc) is 3.01. The van der Waals surface area contributed by atoms with Gasteiger partial charge in [-0.1, -0.05) is 29.5 Å². The van der Waals surface area contributed by atoms with Gasteiger partial charge in [-0.25, -0.2) is 4.98 Å². The van der Waals surface area contributed by atoms with E-state index in [2.05, 4.69) is 15.6 Å². The summed E-state index contributed by atoms with van der Waals surface area (Å²) in [6, 6.07) is 12.8. The number of carbonyl (C=O) groups is 2. The number of amides is 2. The molecule has 0 spiro atoms. The Hall–Kier alpha value is -3.33. The molecule has 0 atom stereocenters. The number of nitrogens with one attached hydrogen (secondary N) is 2. The van der Waals surface area contributed by atoms with Gasteiger partial charge in [-0.05, 0) is 18.2 Å². The van der Waals surface area contributed by atoms with Gasteiger partial charge in [-0.15, -0.1) is 0 Å². The zero-order chi connectivity index (χ0) is 17.8. The van der Waals surface area contributed by atoms with Crippen LogP contribution in [0.3, 0.4) is 0 Å². The van der Waals surface area contributed by atoms with Crippen LogP contribution in [-0.2, 0) is 4.79 Å². The Balaban J connectivity index is 1.59. The maximum absolute atomic E-state index is 12.0. The van der Waals surface area contributed by atoms with Crippen LogP contribution in [-0.4, -0.2) is 28.3 Å². The smallest absolute Gasteiger partial charge is 0.270 e. The third kappa shape index (κ3) is 3.96. The molecule has 0 saturated heterocycles. The molecule has 9 heteroatoms. The summed E-state index contributed by atoms with van der Waals surface area (Å²) in [4.78, 5) is 38.3. The number of thiazole rings is 1. The molecule has 1 aromatic heterocycles. The average molecular weight is 356 g/mol. The summed E-state index contributed by atoms with van der Waals surface area (Å²) in [5, 5.41) is 16.2. The van der Waals surface area contributed by atoms with Crippen LogP contribution in [0.2, 0.25) is 0 Å². The molecule has 2 N–H and O–H groups in total. The first kappa shape index (κ1) is 16.5. The first-order valence-electron chi connectivity index (χ1n) is 7.21. The number of benzene rings is 2. The van der Waals surface area contributed by atoms with E-state index in [9.17, 15) is 19.7 Å². The van der Waals surface area contributed by atoms with Crippen molar-refractivity contribution in [3.8, 4) is 0 Å². The largest absolute Gasteiger partial charge is 0.343 e. The third-order valence-corrected chi connectivity index (χ3v) is 4.22. The van der Waals surface area contributed by atoms with Gasteiger partial charge in [0.25, 0.3) is 11.6 Å². The molecule has 0 fully saturated rings. The number of nitro groups is 1. The summed E-state index contributed by atoms with van der Waals surface area (Å²) in [5.41, 5.74) is 0.706. The van der Waals surface area contributed by atoms with Crippen molar-refractivity contribution in [2.75, 3.05) is 11.9 Å². The zero-order valence-corrected chi connectivity index (χ0v) is 13.6. The van der Waals surface area contributed by atoms with E-state index in [1.54, 1.807) is 0 Å². The van der Waals surface area contributed by atoms with Gasteiger partial charge in [0.15, 0.2) is 5.13 Å². The van der Waals surface area contributed by atoms with Gasteiger partial charge in [0.05, 0.1) is 21.7 Å². The molecule has 0 saturated carbocycles. The highest BCUT2D eigenvalue weighted by atomic mass is 32.1. The fourth-order valence-corrected chi connectivity index (χ4v) is 2.99. The molecule has 25 heavy (non-hydrogen) atoms. The minimum Gasteiger partial charge on any atom is -0.343 e. The summed E-state index contributed by atoms with van der Waals surface area (Å²) in [7, 11) is 0. The van der Waals surface area contributed by atoms with E-state index in [0.717, 1.165) is 16.3 Å². The van der Waals surface area contributed by atoms with Gasteiger partial charge in [0, 0.05) is 17.7 Å². The molecule has 0 aliphatic heterocycles. The molecule has 0 aliphatic rings. The minimum absolute atomic E-state index is 0.113. The topological polar surface area (TPSA) is 114 Å². The highest BCUT2D eigenvalue weighted by Gasteiger charge is 2.13. The van der Waals surface area contributed by atoms with Crippen LogP contribution < -0.4 is 10.6 Å². The second kappa shape index (κ2) is 7.05. The van der Waals surface area contributed by atoms with Crippen molar-refractivity contribution in [3.05, 3.63) is 64.2 Å². The molecule has 0 bridgehead atoms. The van der Waals surface area contributed by atoms with Gasteiger partial charge in [-0.3, -0.25) is 19.7 Å². The molecule has 0 radical (unpaired) electrons. The van der Waals surface area contributed by atoms with Crippen molar-refractivity contribution >= 4 is 44.2 Å². The molecule has 3 rings (SSSR count). The Labute approximate surface area is 145 Å². The number of para-hydroxylation sites is 1. The van der Waals surface area contributed by atoms with Crippen LogP contribution in [0.4, 0.5) is 10.8 Å². The van der Waals surface area contributed by atoms with E-state index < -0.39 is 16.7 Å². The molecule has 8 nitrogen and oxygen atoms in total. The Morgan fingerprint density at radius 2 is 1.96 bits per heavy atom. The Kier molecular flexibility index (Phi) is 4.66. The maximum atomic E-state index is 12.0. The number of fused-ring (bicyclic) bond motifs is 1. The van der Waals surface area contributed by atoms with Crippen LogP contribution >= 0.6 is 11.3 Å². The predicted octanol–water partition coefficient (Wildman–Crippen LogP) is 2.57. The van der Waals surface area contributed by atoms with Crippen molar-refractivity contribution in [2.45, 2.75) is 0 Å². The molecule has 2 aromatic carbocycles. The first-order chi connectivity index (χ1) is 12.0. The van der Waals surface area contributed by atoms with Crippen molar-refractivity contribution in [3.63, 3.8) is 0 Å². The van der Waals surface area contributed by atoms with E-state index in [0.29, 0.717) is 5.13 Å². The number of aromatic nitrogens is 1. The molecular formula is C16H12N4O4S. The lowest BCUT2D eigenvalue weighted by molar-refractivity contribution is -0.384. The fraction of sp³-hybridized carbons (Fsp3) is 0.0625. The molecule has 0 aliphatic carbocycles. The van der Waals surface area contributed by atoms with Crippen LogP contribution in [0.1, 0.15) is 10.4 Å². The normalized spacial score (nSPS) is 10.4. The third-order valence-electron chi connectivity index (χ3n) is 3.27. The van der Waals surface area contributed by atoms with E-state index in [1.807, 2.05) is 24.3 Å². The summed E-state index contributed by atoms with van der Waals surface area (Å²) in [5.74, 6) is -0.999. The quantitative estimate of drug-likeness (QED) is 0.539. The zero-order valence-electron chi connectivity index (χ0n) is 12.8. The van der Waals surface area contributed by atoms with Crippen molar-refractivity contribution in [2.24, 2.45) is 0 Å². The summed E-state index contributed by atoms with van der Waals surface area (Å²) < 4.78 is 0.943. The molecule has 1 heterocycles. The highest BCUT2D eigenvalue weighted by Crippen LogP contribution is 2.25. The maximum Gasteiger partial charge on any atom is 0.270 e. The van der Waals surface area contributed by atoms with E-state index in [4.69, 9.17) is 0 Å². The number of carbonyl (C=O) groups excluding carboxylic acids is 2. The van der Waals surface area contributed by atoms with Gasteiger partial charge < -0.3 is 10.6 Å². The number of non-ortho nitro benzene ring substituents is 1. The van der Waals surface area contributed by atoms with E-state index in [-0.39, 0.29) is 17.8 Å². The van der Waals surface area contributed by atoms with Crippen LogP contribution in [0.5, 0.6) is 0 Å². The van der Waals surface area contributed by atoms with Gasteiger partial charge in [-0.2, -0.15) is 0 Å². The van der Waals surface area contributed by atoms with Gasteiger partial charge >= 0.3 is 0 Å². The summed E-state index contributed by atoms with van der Waals surface area (Å²) in [6.45, 7) is -0.266. The highest BCUT2D eigenvalue weighted by molar-refractivity contribution is 7.22. The Bertz CT molecular complexity index is 936. The second-order valence-electron chi connectivity index (χ2n) is 5.03. The standard InChI is InChI=1S/C16H12N4O4S/c21-14(19-16-18-12-6-1-2-7-13(12)25-16)9-17-15(22)10-4-3-5-11(8-10)20(23)24/h1-8H,9H2,(H,17,22)(H,18,19,21). The Morgan fingerprint density at radius 1 is 1.16 bits per heavy atom. The summed E-state index contributed by atoms with van der Waals surface area (Å²) >= 11 is 1.33. The monoisotopic (exact) mass is 356 g/mol. The SMILES string of the molecule is O=C(CNC(=O)c1cccc([N+](=O)[O-])c1)Nc1nc2ccccc2s1. The molecule has 0 unspecified atom stereocenters. The van der Waals surface area contributed by atoms with E-state index >= 15 is 0 Å². The van der Waals surface area contributed by atoms with Crippen LogP contribution in [0.15, 0.2) is 48.5 Å².